The van der Waals surface area contributed by atoms with Gasteiger partial charge in [0.2, 0.25) is 0 Å². The van der Waals surface area contributed by atoms with E-state index in [1.165, 1.54) is 179 Å². The first kappa shape index (κ1) is 42.2. The zero-order valence-electron chi connectivity index (χ0n) is 33.9. The molecule has 0 saturated heterocycles. The second-order valence-electron chi connectivity index (χ2n) is 16.1. The van der Waals surface area contributed by atoms with Crippen LogP contribution in [-0.4, -0.2) is 0 Å². The molecule has 0 saturated carbocycles. The number of rotatable bonds is 28. The van der Waals surface area contributed by atoms with Crippen LogP contribution < -0.4 is 11.5 Å². The molecule has 2 heteroatoms. The second kappa shape index (κ2) is 25.5. The third-order valence-corrected chi connectivity index (χ3v) is 11.3. The van der Waals surface area contributed by atoms with Crippen LogP contribution in [0.25, 0.3) is 0 Å². The Balaban J connectivity index is 0.930. The third kappa shape index (κ3) is 17.0. The van der Waals surface area contributed by atoms with Crippen molar-refractivity contribution in [2.45, 2.75) is 174 Å². The summed E-state index contributed by atoms with van der Waals surface area (Å²) in [5.41, 5.74) is 25.4. The highest BCUT2D eigenvalue weighted by Gasteiger charge is 2.07. The Morgan fingerprint density at radius 3 is 0.925 bits per heavy atom. The minimum atomic E-state index is 0.884. The van der Waals surface area contributed by atoms with Gasteiger partial charge in [-0.3, -0.25) is 0 Å². The molecule has 4 aromatic carbocycles. The number of nitrogens with two attached hydrogens (primary N) is 2. The van der Waals surface area contributed by atoms with Crippen molar-refractivity contribution >= 4 is 11.4 Å². The number of benzene rings is 4. The smallest absolute Gasteiger partial charge is 0.0316 e. The Labute approximate surface area is 325 Å². The summed E-state index contributed by atoms with van der Waals surface area (Å²) in [6, 6.07) is 31.7. The van der Waals surface area contributed by atoms with E-state index in [-0.39, 0.29) is 0 Å². The van der Waals surface area contributed by atoms with E-state index >= 15 is 0 Å². The Morgan fingerprint density at radius 2 is 0.604 bits per heavy atom. The van der Waals surface area contributed by atoms with Crippen molar-refractivity contribution in [2.24, 2.45) is 0 Å². The lowest BCUT2D eigenvalue weighted by Gasteiger charge is -2.11. The maximum Gasteiger partial charge on any atom is 0.0316 e. The fourth-order valence-corrected chi connectivity index (χ4v) is 7.88. The van der Waals surface area contributed by atoms with Gasteiger partial charge >= 0.3 is 0 Å². The first-order valence-corrected chi connectivity index (χ1v) is 21.9. The van der Waals surface area contributed by atoms with Crippen LogP contribution in [0, 0.1) is 0 Å². The summed E-state index contributed by atoms with van der Waals surface area (Å²) in [7, 11) is 0. The zero-order chi connectivity index (χ0) is 37.4. The number of anilines is 2. The highest BCUT2D eigenvalue weighted by molar-refractivity contribution is 5.47. The molecule has 0 aromatic heterocycles. The van der Waals surface area contributed by atoms with Crippen molar-refractivity contribution in [1.29, 1.82) is 0 Å². The van der Waals surface area contributed by atoms with Gasteiger partial charge in [0.1, 0.15) is 0 Å². The summed E-state index contributed by atoms with van der Waals surface area (Å²) in [6.07, 6.45) is 32.6. The maximum atomic E-state index is 6.08. The van der Waals surface area contributed by atoms with Gasteiger partial charge in [0.25, 0.3) is 0 Å². The number of unbranched alkanes of at least 4 members (excludes halogenated alkanes) is 16. The van der Waals surface area contributed by atoms with Crippen LogP contribution in [0.2, 0.25) is 0 Å². The lowest BCUT2D eigenvalue weighted by molar-refractivity contribution is 0.530. The topological polar surface area (TPSA) is 52.0 Å². The summed E-state index contributed by atoms with van der Waals surface area (Å²) < 4.78 is 0. The van der Waals surface area contributed by atoms with Gasteiger partial charge in [0, 0.05) is 11.4 Å². The molecule has 4 aromatic rings. The molecular weight excluding hydrogens is 641 g/mol. The first-order valence-electron chi connectivity index (χ1n) is 21.9. The standard InChI is InChI=1S/C51H74N2/c1-3-5-24-46-40-50(52)36-34-48(46)38-44-30-26-42(27-31-44)22-20-18-16-14-12-10-8-7-9-11-13-15-17-19-21-23-43-28-32-45(33-29-43)39-49-35-37-51(53)41-47(49)25-6-4-2/h26-37,40-41H,3-25,38-39,52-53H2,1-2H3. The molecule has 4 N–H and O–H groups in total. The van der Waals surface area contributed by atoms with Crippen LogP contribution in [0.1, 0.15) is 180 Å². The Morgan fingerprint density at radius 1 is 0.302 bits per heavy atom. The molecule has 2 nitrogen and oxygen atoms in total. The van der Waals surface area contributed by atoms with Crippen LogP contribution >= 0.6 is 0 Å². The Kier molecular flexibility index (Phi) is 20.3. The van der Waals surface area contributed by atoms with Crippen LogP contribution in [0.3, 0.4) is 0 Å². The normalized spacial score (nSPS) is 11.4. The molecule has 288 valence electrons. The summed E-state index contributed by atoms with van der Waals surface area (Å²) in [5.74, 6) is 0. The van der Waals surface area contributed by atoms with E-state index in [0.29, 0.717) is 0 Å². The van der Waals surface area contributed by atoms with Gasteiger partial charge in [0.15, 0.2) is 0 Å². The lowest BCUT2D eigenvalue weighted by Crippen LogP contribution is -1.98. The predicted molar refractivity (Wildman–Crippen MR) is 234 cm³/mol. The monoisotopic (exact) mass is 715 g/mol. The molecule has 0 amide bonds. The maximum absolute atomic E-state index is 6.08. The van der Waals surface area contributed by atoms with Crippen molar-refractivity contribution < 1.29 is 0 Å². The molecule has 0 atom stereocenters. The average molecular weight is 715 g/mol. The number of aryl methyl sites for hydroxylation is 4. The van der Waals surface area contributed by atoms with Crippen LogP contribution in [0.15, 0.2) is 84.9 Å². The van der Waals surface area contributed by atoms with E-state index in [9.17, 15) is 0 Å². The van der Waals surface area contributed by atoms with Gasteiger partial charge in [-0.1, -0.05) is 171 Å². The predicted octanol–water partition coefficient (Wildman–Crippen LogP) is 14.4. The van der Waals surface area contributed by atoms with Gasteiger partial charge in [-0.2, -0.15) is 0 Å². The van der Waals surface area contributed by atoms with Crippen molar-refractivity contribution in [3.05, 3.63) is 129 Å². The Bertz CT molecular complexity index is 1420. The van der Waals surface area contributed by atoms with Gasteiger partial charge < -0.3 is 11.5 Å². The highest BCUT2D eigenvalue weighted by Crippen LogP contribution is 2.23. The lowest BCUT2D eigenvalue weighted by atomic mass is 9.95. The SMILES string of the molecule is CCCCc1cc(N)ccc1Cc1ccc(CCCCCCCCCCCCCCCCCc2ccc(Cc3ccc(N)cc3CCCC)cc2)cc1. The van der Waals surface area contributed by atoms with Crippen molar-refractivity contribution in [3.63, 3.8) is 0 Å². The van der Waals surface area contributed by atoms with Gasteiger partial charge in [-0.05, 0) is 133 Å². The van der Waals surface area contributed by atoms with E-state index in [0.717, 1.165) is 37.1 Å². The van der Waals surface area contributed by atoms with Crippen molar-refractivity contribution in [1.82, 2.24) is 0 Å². The minimum Gasteiger partial charge on any atom is -0.399 e. The van der Waals surface area contributed by atoms with Crippen molar-refractivity contribution in [3.8, 4) is 0 Å². The summed E-state index contributed by atoms with van der Waals surface area (Å²) in [6.45, 7) is 4.51. The van der Waals surface area contributed by atoms with Gasteiger partial charge in [0.05, 0.1) is 0 Å². The average Bonchev–Trinajstić information content (AvgIpc) is 3.17. The molecule has 0 spiro atoms. The molecule has 0 aliphatic rings. The van der Waals surface area contributed by atoms with E-state index < -0.39 is 0 Å². The van der Waals surface area contributed by atoms with E-state index in [4.69, 9.17) is 11.5 Å². The largest absolute Gasteiger partial charge is 0.399 e. The number of hydrogen-bond acceptors (Lipinski definition) is 2. The summed E-state index contributed by atoms with van der Waals surface area (Å²) in [4.78, 5) is 0. The quantitative estimate of drug-likeness (QED) is 0.0454. The molecule has 4 rings (SSSR count). The van der Waals surface area contributed by atoms with E-state index in [1.807, 2.05) is 0 Å². The Hall–Kier alpha value is -3.52. The molecule has 53 heavy (non-hydrogen) atoms. The van der Waals surface area contributed by atoms with Gasteiger partial charge in [-0.25, -0.2) is 0 Å². The molecule has 0 fully saturated rings. The van der Waals surface area contributed by atoms with Crippen LogP contribution in [0.5, 0.6) is 0 Å². The highest BCUT2D eigenvalue weighted by atomic mass is 14.5. The van der Waals surface area contributed by atoms with Crippen LogP contribution in [-0.2, 0) is 38.5 Å². The summed E-state index contributed by atoms with van der Waals surface area (Å²) >= 11 is 0. The third-order valence-electron chi connectivity index (χ3n) is 11.3. The zero-order valence-corrected chi connectivity index (χ0v) is 33.9. The summed E-state index contributed by atoms with van der Waals surface area (Å²) in [5, 5.41) is 0. The molecule has 0 aliphatic carbocycles. The molecule has 0 bridgehead atoms. The van der Waals surface area contributed by atoms with Crippen molar-refractivity contribution in [2.75, 3.05) is 11.5 Å². The molecule has 0 heterocycles. The van der Waals surface area contributed by atoms with E-state index in [2.05, 4.69) is 98.8 Å². The molecule has 0 unspecified atom stereocenters. The number of hydrogen-bond donors (Lipinski definition) is 2. The van der Waals surface area contributed by atoms with Crippen LogP contribution in [0.4, 0.5) is 11.4 Å². The molecule has 0 radical (unpaired) electrons. The fraction of sp³-hybridized carbons (Fsp3) is 0.529. The number of nitrogen functional groups attached to an aromatic ring is 2. The molecular formula is C51H74N2. The molecule has 0 aliphatic heterocycles. The fourth-order valence-electron chi connectivity index (χ4n) is 7.88. The second-order valence-corrected chi connectivity index (χ2v) is 16.1. The first-order chi connectivity index (χ1) is 26.0. The van der Waals surface area contributed by atoms with Gasteiger partial charge in [-0.15, -0.1) is 0 Å². The van der Waals surface area contributed by atoms with E-state index in [1.54, 1.807) is 0 Å². The minimum absolute atomic E-state index is 0.884.